The Morgan fingerprint density at radius 1 is 1.30 bits per heavy atom. The lowest BCUT2D eigenvalue weighted by Crippen LogP contribution is -2.29. The van der Waals surface area contributed by atoms with E-state index in [4.69, 9.17) is 4.74 Å². The Balaban J connectivity index is 1.59. The molecule has 1 aliphatic rings. The summed E-state index contributed by atoms with van der Waals surface area (Å²) in [6.07, 6.45) is -0.576. The average molecular weight is 479 g/mol. The molecule has 4 rings (SSSR count). The van der Waals surface area contributed by atoms with Crippen LogP contribution in [-0.2, 0) is 6.18 Å². The van der Waals surface area contributed by atoms with Crippen LogP contribution in [0.1, 0.15) is 42.6 Å². The number of hydrogen-bond acceptors (Lipinski definition) is 8. The van der Waals surface area contributed by atoms with Crippen LogP contribution in [0.15, 0.2) is 30.6 Å². The summed E-state index contributed by atoms with van der Waals surface area (Å²) in [5.41, 5.74) is -0.629. The van der Waals surface area contributed by atoms with Gasteiger partial charge in [-0.15, -0.1) is 0 Å². The molecule has 1 N–H and O–H groups in total. The molecule has 33 heavy (non-hydrogen) atoms. The molecule has 12 heteroatoms. The van der Waals surface area contributed by atoms with Crippen molar-refractivity contribution in [1.82, 2.24) is 24.2 Å². The lowest BCUT2D eigenvalue weighted by Gasteiger charge is -2.17. The van der Waals surface area contributed by atoms with Crippen molar-refractivity contribution >= 4 is 28.4 Å². The first-order chi connectivity index (χ1) is 15.6. The van der Waals surface area contributed by atoms with Gasteiger partial charge < -0.3 is 15.0 Å². The van der Waals surface area contributed by atoms with Gasteiger partial charge in [0, 0.05) is 30.8 Å². The van der Waals surface area contributed by atoms with Gasteiger partial charge in [-0.3, -0.25) is 4.79 Å². The first kappa shape index (κ1) is 22.9. The van der Waals surface area contributed by atoms with Crippen LogP contribution in [0.2, 0.25) is 0 Å². The molecule has 0 atom stereocenters. The fourth-order valence-electron chi connectivity index (χ4n) is 3.11. The molecule has 0 bridgehead atoms. The van der Waals surface area contributed by atoms with E-state index in [1.54, 1.807) is 37.9 Å². The van der Waals surface area contributed by atoms with E-state index in [0.717, 1.165) is 36.6 Å². The fraction of sp³-hybridized carbons (Fsp3) is 0.381. The molecule has 1 amide bonds. The summed E-state index contributed by atoms with van der Waals surface area (Å²) in [4.78, 5) is 27.0. The van der Waals surface area contributed by atoms with Crippen molar-refractivity contribution in [3.05, 3.63) is 41.7 Å². The van der Waals surface area contributed by atoms with Crippen molar-refractivity contribution in [2.75, 3.05) is 12.4 Å². The topological polar surface area (TPSA) is 93.1 Å². The van der Waals surface area contributed by atoms with Gasteiger partial charge in [0.2, 0.25) is 5.13 Å². The molecule has 3 aromatic rings. The van der Waals surface area contributed by atoms with Crippen LogP contribution in [0, 0.1) is 0 Å². The molecule has 0 aromatic carbocycles. The van der Waals surface area contributed by atoms with Crippen LogP contribution in [0.25, 0.3) is 11.5 Å². The maximum absolute atomic E-state index is 13.5. The second-order valence-electron chi connectivity index (χ2n) is 7.83. The maximum Gasteiger partial charge on any atom is 0.420 e. The Morgan fingerprint density at radius 3 is 2.73 bits per heavy atom. The van der Waals surface area contributed by atoms with Crippen LogP contribution in [0.3, 0.4) is 0 Å². The Labute approximate surface area is 192 Å². The molecule has 0 unspecified atom stereocenters. The third-order valence-electron chi connectivity index (χ3n) is 4.87. The number of hydrogen-bond donors (Lipinski definition) is 1. The van der Waals surface area contributed by atoms with Gasteiger partial charge in [-0.05, 0) is 44.9 Å². The Morgan fingerprint density at radius 2 is 2.06 bits per heavy atom. The number of aromatic nitrogens is 4. The first-order valence-corrected chi connectivity index (χ1v) is 11.0. The molecule has 8 nitrogen and oxygen atoms in total. The van der Waals surface area contributed by atoms with Crippen molar-refractivity contribution < 1.29 is 22.7 Å². The number of anilines is 2. The summed E-state index contributed by atoms with van der Waals surface area (Å²) in [7, 11) is 1.75. The lowest BCUT2D eigenvalue weighted by atomic mass is 10.2. The third kappa shape index (κ3) is 5.21. The number of nitrogens with one attached hydrogen (secondary N) is 1. The van der Waals surface area contributed by atoms with E-state index in [9.17, 15) is 18.0 Å². The number of pyridine rings is 2. The molecular weight excluding hydrogens is 457 g/mol. The number of ether oxygens (including phenoxy) is 1. The van der Waals surface area contributed by atoms with Gasteiger partial charge in [-0.1, -0.05) is 0 Å². The smallest absolute Gasteiger partial charge is 0.420 e. The summed E-state index contributed by atoms with van der Waals surface area (Å²) in [6, 6.07) is 4.41. The minimum atomic E-state index is -4.63. The van der Waals surface area contributed by atoms with Crippen LogP contribution >= 0.6 is 11.5 Å². The van der Waals surface area contributed by atoms with Gasteiger partial charge in [0.25, 0.3) is 5.91 Å². The van der Waals surface area contributed by atoms with Crippen LogP contribution in [0.5, 0.6) is 5.75 Å². The van der Waals surface area contributed by atoms with Crippen molar-refractivity contribution in [1.29, 1.82) is 0 Å². The van der Waals surface area contributed by atoms with Gasteiger partial charge in [-0.2, -0.15) is 22.5 Å². The monoisotopic (exact) mass is 478 g/mol. The van der Waals surface area contributed by atoms with E-state index in [0.29, 0.717) is 11.4 Å². The molecule has 1 aliphatic carbocycles. The van der Waals surface area contributed by atoms with Gasteiger partial charge in [0.1, 0.15) is 22.8 Å². The predicted octanol–water partition coefficient (Wildman–Crippen LogP) is 4.78. The van der Waals surface area contributed by atoms with Gasteiger partial charge in [-0.25, -0.2) is 9.97 Å². The Kier molecular flexibility index (Phi) is 6.19. The van der Waals surface area contributed by atoms with E-state index in [1.165, 1.54) is 6.20 Å². The number of alkyl halides is 3. The van der Waals surface area contributed by atoms with Gasteiger partial charge >= 0.3 is 6.18 Å². The second kappa shape index (κ2) is 8.93. The summed E-state index contributed by atoms with van der Waals surface area (Å²) < 4.78 is 50.0. The highest BCUT2D eigenvalue weighted by Crippen LogP contribution is 2.38. The zero-order chi connectivity index (χ0) is 23.8. The minimum absolute atomic E-state index is 0.0167. The van der Waals surface area contributed by atoms with Gasteiger partial charge in [0.15, 0.2) is 5.82 Å². The zero-order valence-electron chi connectivity index (χ0n) is 18.1. The van der Waals surface area contributed by atoms with Crippen LogP contribution < -0.4 is 10.1 Å². The number of carbonyl (C=O) groups is 1. The van der Waals surface area contributed by atoms with Crippen molar-refractivity contribution in [3.8, 4) is 17.3 Å². The summed E-state index contributed by atoms with van der Waals surface area (Å²) in [5.74, 6) is -0.216. The molecule has 1 fully saturated rings. The van der Waals surface area contributed by atoms with Crippen molar-refractivity contribution in [2.45, 2.75) is 45.0 Å². The van der Waals surface area contributed by atoms with E-state index in [1.807, 2.05) is 0 Å². The maximum atomic E-state index is 13.5. The molecule has 0 aliphatic heterocycles. The zero-order valence-corrected chi connectivity index (χ0v) is 18.9. The highest BCUT2D eigenvalue weighted by atomic mass is 32.1. The van der Waals surface area contributed by atoms with E-state index in [-0.39, 0.29) is 34.3 Å². The SMILES string of the molecule is CC(C)Oc1cnc(-c2nsc(Nc3ncccc3C(=O)N(C)C3CC3)n2)cc1C(F)(F)F. The van der Waals surface area contributed by atoms with E-state index < -0.39 is 17.8 Å². The van der Waals surface area contributed by atoms with Crippen molar-refractivity contribution in [2.24, 2.45) is 0 Å². The normalized spacial score (nSPS) is 13.8. The summed E-state index contributed by atoms with van der Waals surface area (Å²) in [6.45, 7) is 3.26. The number of carbonyl (C=O) groups excluding carboxylic acids is 1. The fourth-order valence-corrected chi connectivity index (χ4v) is 3.69. The first-order valence-electron chi connectivity index (χ1n) is 10.2. The highest BCUT2D eigenvalue weighted by Gasteiger charge is 2.36. The second-order valence-corrected chi connectivity index (χ2v) is 8.58. The summed E-state index contributed by atoms with van der Waals surface area (Å²) in [5, 5.41) is 3.22. The molecule has 3 aromatic heterocycles. The van der Waals surface area contributed by atoms with Crippen LogP contribution in [-0.4, -0.2) is 49.3 Å². The standard InChI is InChI=1S/C21H21F3N6O2S/c1-11(2)32-16-10-26-15(9-14(16)21(22,23)24)18-28-20(33-29-18)27-17-13(5-4-8-25-17)19(31)30(3)12-6-7-12/h4-5,8-12H,6-7H2,1-3H3,(H,25,27,28,29). The largest absolute Gasteiger partial charge is 0.489 e. The lowest BCUT2D eigenvalue weighted by molar-refractivity contribution is -0.139. The van der Waals surface area contributed by atoms with E-state index in [2.05, 4.69) is 24.6 Å². The molecule has 1 saturated carbocycles. The average Bonchev–Trinajstić information content (AvgIpc) is 3.51. The summed E-state index contributed by atoms with van der Waals surface area (Å²) >= 11 is 0.925. The van der Waals surface area contributed by atoms with Crippen molar-refractivity contribution in [3.63, 3.8) is 0 Å². The van der Waals surface area contributed by atoms with Crippen LogP contribution in [0.4, 0.5) is 24.1 Å². The molecular formula is C21H21F3N6O2S. The molecule has 0 saturated heterocycles. The number of rotatable bonds is 7. The Bertz CT molecular complexity index is 1160. The van der Waals surface area contributed by atoms with Gasteiger partial charge in [0.05, 0.1) is 17.9 Å². The quantitative estimate of drug-likeness (QED) is 0.522. The number of halogens is 3. The molecule has 174 valence electrons. The molecule has 0 radical (unpaired) electrons. The number of nitrogens with zero attached hydrogens (tertiary/aromatic N) is 5. The predicted molar refractivity (Wildman–Crippen MR) is 117 cm³/mol. The third-order valence-corrected chi connectivity index (χ3v) is 5.50. The highest BCUT2D eigenvalue weighted by molar-refractivity contribution is 7.09. The van der Waals surface area contributed by atoms with E-state index >= 15 is 0 Å². The minimum Gasteiger partial charge on any atom is -0.489 e. The molecule has 3 heterocycles. The number of amides is 1. The Hall–Kier alpha value is -3.28. The molecule has 0 spiro atoms.